The highest BCUT2D eigenvalue weighted by molar-refractivity contribution is 6.46. The Bertz CT molecular complexity index is 1050. The van der Waals surface area contributed by atoms with Crippen LogP contribution in [-0.2, 0) is 14.4 Å². The summed E-state index contributed by atoms with van der Waals surface area (Å²) < 4.78 is 5.46. The van der Waals surface area contributed by atoms with Crippen LogP contribution in [0.5, 0.6) is 5.75 Å². The number of hydrogen-bond acceptors (Lipinski definition) is 5. The molecule has 0 aromatic heterocycles. The number of carboxylic acids is 1. The smallest absolute Gasteiger partial charge is 0.303 e. The summed E-state index contributed by atoms with van der Waals surface area (Å²) in [5.41, 5.74) is 0.927. The summed E-state index contributed by atoms with van der Waals surface area (Å²) in [4.78, 5) is 38.1. The number of unbranched alkanes of at least 4 members (excludes halogenated alkanes) is 2. The number of aliphatic hydroxyl groups excluding tert-OH is 1. The van der Waals surface area contributed by atoms with Crippen LogP contribution in [0.3, 0.4) is 0 Å². The van der Waals surface area contributed by atoms with Crippen LogP contribution in [0.15, 0.2) is 54.1 Å². The minimum atomic E-state index is -0.873. The fourth-order valence-corrected chi connectivity index (χ4v) is 3.95. The Balaban J connectivity index is 2.02. The van der Waals surface area contributed by atoms with Crippen LogP contribution in [-0.4, -0.2) is 46.4 Å². The number of ketones is 1. The zero-order chi connectivity index (χ0) is 23.3. The Kier molecular flexibility index (Phi) is 7.53. The van der Waals surface area contributed by atoms with E-state index in [1.54, 1.807) is 48.5 Å². The number of benzene rings is 2. The van der Waals surface area contributed by atoms with Crippen LogP contribution in [0.4, 0.5) is 0 Å². The summed E-state index contributed by atoms with van der Waals surface area (Å²) in [7, 11) is 1.50. The lowest BCUT2D eigenvalue weighted by Gasteiger charge is -2.26. The highest BCUT2D eigenvalue weighted by Gasteiger charge is 2.46. The second-order valence-electron chi connectivity index (χ2n) is 7.45. The van der Waals surface area contributed by atoms with Crippen LogP contribution in [0.1, 0.15) is 42.9 Å². The number of rotatable bonds is 9. The number of carbonyl (C=O) groups is 3. The maximum atomic E-state index is 13.0. The standard InChI is InChI=1S/C24H24ClNO6/c1-32-18-8-5-4-7-17(18)21-20(22(29)15-10-12-16(25)13-11-15)23(30)24(31)26(21)14-6-2-3-9-19(27)28/h4-5,7-8,10-13,21,29H,2-3,6,9,14H2,1H3,(H,27,28)/t21-/m0/s1. The molecule has 0 saturated carbocycles. The zero-order valence-electron chi connectivity index (χ0n) is 17.6. The van der Waals surface area contributed by atoms with E-state index in [4.69, 9.17) is 21.4 Å². The van der Waals surface area contributed by atoms with Crippen molar-refractivity contribution >= 4 is 35.0 Å². The molecule has 0 bridgehead atoms. The number of halogens is 1. The van der Waals surface area contributed by atoms with Crippen molar-refractivity contribution < 1.29 is 29.3 Å². The molecule has 0 aliphatic carbocycles. The molecule has 2 aromatic rings. The number of amides is 1. The van der Waals surface area contributed by atoms with Gasteiger partial charge in [0.2, 0.25) is 0 Å². The van der Waals surface area contributed by atoms with E-state index >= 15 is 0 Å². The molecule has 0 unspecified atom stereocenters. The van der Waals surface area contributed by atoms with Gasteiger partial charge in [-0.1, -0.05) is 36.2 Å². The molecule has 0 radical (unpaired) electrons. The van der Waals surface area contributed by atoms with Gasteiger partial charge in [-0.2, -0.15) is 0 Å². The molecular formula is C24H24ClNO6. The van der Waals surface area contributed by atoms with Crippen molar-refractivity contribution in [1.29, 1.82) is 0 Å². The number of methoxy groups -OCH3 is 1. The van der Waals surface area contributed by atoms with E-state index in [1.807, 2.05) is 0 Å². The van der Waals surface area contributed by atoms with Gasteiger partial charge in [-0.05, 0) is 43.2 Å². The molecule has 8 heteroatoms. The normalized spacial score (nSPS) is 17.6. The van der Waals surface area contributed by atoms with Crippen molar-refractivity contribution in [1.82, 2.24) is 4.90 Å². The molecule has 1 amide bonds. The first kappa shape index (κ1) is 23.3. The molecule has 3 rings (SSSR count). The monoisotopic (exact) mass is 457 g/mol. The number of hydrogen-bond donors (Lipinski definition) is 2. The molecule has 2 aromatic carbocycles. The minimum absolute atomic E-state index is 0.0210. The molecule has 168 valence electrons. The first-order valence-corrected chi connectivity index (χ1v) is 10.6. The predicted octanol–water partition coefficient (Wildman–Crippen LogP) is 4.42. The second-order valence-corrected chi connectivity index (χ2v) is 7.88. The maximum Gasteiger partial charge on any atom is 0.303 e. The van der Waals surface area contributed by atoms with Crippen LogP contribution in [0, 0.1) is 0 Å². The third kappa shape index (κ3) is 4.94. The molecule has 1 aliphatic heterocycles. The van der Waals surface area contributed by atoms with Crippen LogP contribution in [0.2, 0.25) is 5.02 Å². The van der Waals surface area contributed by atoms with Crippen molar-refractivity contribution in [2.75, 3.05) is 13.7 Å². The summed E-state index contributed by atoms with van der Waals surface area (Å²) in [6, 6.07) is 12.5. The summed E-state index contributed by atoms with van der Waals surface area (Å²) >= 11 is 5.94. The lowest BCUT2D eigenvalue weighted by atomic mass is 9.94. The zero-order valence-corrected chi connectivity index (χ0v) is 18.3. The van der Waals surface area contributed by atoms with Crippen molar-refractivity contribution in [2.45, 2.75) is 31.7 Å². The Morgan fingerprint density at radius 2 is 1.72 bits per heavy atom. The summed E-state index contributed by atoms with van der Waals surface area (Å²) in [6.45, 7) is 0.240. The lowest BCUT2D eigenvalue weighted by Crippen LogP contribution is -2.31. The van der Waals surface area contributed by atoms with Gasteiger partial charge in [0.25, 0.3) is 11.7 Å². The number of carbonyl (C=O) groups excluding carboxylic acids is 2. The van der Waals surface area contributed by atoms with Gasteiger partial charge < -0.3 is 19.8 Å². The molecule has 0 spiro atoms. The van der Waals surface area contributed by atoms with Gasteiger partial charge in [-0.3, -0.25) is 14.4 Å². The van der Waals surface area contributed by atoms with E-state index in [-0.39, 0.29) is 24.3 Å². The van der Waals surface area contributed by atoms with E-state index in [1.165, 1.54) is 12.0 Å². The number of likely N-dealkylation sites (tertiary alicyclic amines) is 1. The molecule has 1 heterocycles. The molecule has 1 atom stereocenters. The molecule has 7 nitrogen and oxygen atoms in total. The minimum Gasteiger partial charge on any atom is -0.507 e. The molecule has 1 aliphatic rings. The number of aliphatic hydroxyl groups is 1. The molecule has 1 saturated heterocycles. The van der Waals surface area contributed by atoms with Crippen LogP contribution < -0.4 is 4.74 Å². The van der Waals surface area contributed by atoms with Gasteiger partial charge in [0, 0.05) is 29.1 Å². The Morgan fingerprint density at radius 3 is 2.38 bits per heavy atom. The van der Waals surface area contributed by atoms with Crippen LogP contribution in [0.25, 0.3) is 5.76 Å². The SMILES string of the molecule is COc1ccccc1[C@H]1C(=C(O)c2ccc(Cl)cc2)C(=O)C(=O)N1CCCCCC(=O)O. The maximum absolute atomic E-state index is 13.0. The summed E-state index contributed by atoms with van der Waals surface area (Å²) in [6.07, 6.45) is 1.63. The third-order valence-corrected chi connectivity index (χ3v) is 5.63. The molecule has 2 N–H and O–H groups in total. The van der Waals surface area contributed by atoms with Gasteiger partial charge >= 0.3 is 5.97 Å². The Morgan fingerprint density at radius 1 is 1.03 bits per heavy atom. The number of carboxylic acid groups (broad SMARTS) is 1. The van der Waals surface area contributed by atoms with Crippen molar-refractivity contribution in [2.24, 2.45) is 0 Å². The molecule has 32 heavy (non-hydrogen) atoms. The van der Waals surface area contributed by atoms with Gasteiger partial charge in [0.15, 0.2) is 0 Å². The number of ether oxygens (including phenoxy) is 1. The highest BCUT2D eigenvalue weighted by Crippen LogP contribution is 2.42. The van der Waals surface area contributed by atoms with Gasteiger partial charge in [0.05, 0.1) is 18.7 Å². The largest absolute Gasteiger partial charge is 0.507 e. The Labute approximate surface area is 190 Å². The second kappa shape index (κ2) is 10.3. The van der Waals surface area contributed by atoms with Gasteiger partial charge in [-0.25, -0.2) is 0 Å². The fourth-order valence-electron chi connectivity index (χ4n) is 3.82. The van der Waals surface area contributed by atoms with Gasteiger partial charge in [0.1, 0.15) is 11.5 Å². The topological polar surface area (TPSA) is 104 Å². The van der Waals surface area contributed by atoms with E-state index in [0.29, 0.717) is 41.2 Å². The Hall–Kier alpha value is -3.32. The first-order valence-electron chi connectivity index (χ1n) is 10.2. The molecular weight excluding hydrogens is 434 g/mol. The van der Waals surface area contributed by atoms with Crippen LogP contribution >= 0.6 is 11.6 Å². The van der Waals surface area contributed by atoms with E-state index in [0.717, 1.165) is 0 Å². The van der Waals surface area contributed by atoms with E-state index < -0.39 is 23.7 Å². The summed E-state index contributed by atoms with van der Waals surface area (Å²) in [5, 5.41) is 20.3. The van der Waals surface area contributed by atoms with E-state index in [9.17, 15) is 19.5 Å². The fraction of sp³-hybridized carbons (Fsp3) is 0.292. The van der Waals surface area contributed by atoms with E-state index in [2.05, 4.69) is 0 Å². The average Bonchev–Trinajstić information content (AvgIpc) is 3.03. The number of para-hydroxylation sites is 1. The van der Waals surface area contributed by atoms with Crippen molar-refractivity contribution in [3.8, 4) is 5.75 Å². The third-order valence-electron chi connectivity index (χ3n) is 5.38. The van der Waals surface area contributed by atoms with Gasteiger partial charge in [-0.15, -0.1) is 0 Å². The quantitative estimate of drug-likeness (QED) is 0.250. The van der Waals surface area contributed by atoms with Crippen molar-refractivity contribution in [3.63, 3.8) is 0 Å². The number of nitrogens with zero attached hydrogens (tertiary/aromatic N) is 1. The predicted molar refractivity (Wildman–Crippen MR) is 120 cm³/mol. The number of Topliss-reactive ketones (excluding diaryl/α,β-unsaturated/α-hetero) is 1. The number of aliphatic carboxylic acids is 1. The molecule has 1 fully saturated rings. The lowest BCUT2D eigenvalue weighted by molar-refractivity contribution is -0.140. The first-order chi connectivity index (χ1) is 15.3. The highest BCUT2D eigenvalue weighted by atomic mass is 35.5. The summed E-state index contributed by atoms with van der Waals surface area (Å²) in [5.74, 6) is -2.17. The van der Waals surface area contributed by atoms with Crippen molar-refractivity contribution in [3.05, 3.63) is 70.3 Å². The average molecular weight is 458 g/mol.